The Labute approximate surface area is 67.0 Å². The van der Waals surface area contributed by atoms with Crippen LogP contribution in [0.3, 0.4) is 0 Å². The molecule has 11 heavy (non-hydrogen) atoms. The van der Waals surface area contributed by atoms with Gasteiger partial charge in [0.2, 0.25) is 0 Å². The van der Waals surface area contributed by atoms with Gasteiger partial charge in [0, 0.05) is 18.9 Å². The molecule has 0 aromatic rings. The molecular weight excluding hydrogens is 138 g/mol. The van der Waals surface area contributed by atoms with Crippen molar-refractivity contribution in [2.45, 2.75) is 25.0 Å². The van der Waals surface area contributed by atoms with Crippen molar-refractivity contribution in [3.8, 4) is 0 Å². The van der Waals surface area contributed by atoms with Crippen molar-refractivity contribution < 1.29 is 4.74 Å². The van der Waals surface area contributed by atoms with E-state index < -0.39 is 0 Å². The highest BCUT2D eigenvalue weighted by Crippen LogP contribution is 2.58. The first-order valence-corrected chi connectivity index (χ1v) is 4.12. The second kappa shape index (κ2) is 2.20. The predicted octanol–water partition coefficient (Wildman–Crippen LogP) is 1.61. The molecule has 0 aromatic carbocycles. The van der Waals surface area contributed by atoms with Gasteiger partial charge in [-0.25, -0.2) is 4.99 Å². The fraction of sp³-hybridized carbons (Fsp3) is 0.778. The summed E-state index contributed by atoms with van der Waals surface area (Å²) in [6, 6.07) is 0. The maximum Gasteiger partial charge on any atom is 0.172 e. The van der Waals surface area contributed by atoms with Crippen LogP contribution >= 0.6 is 0 Å². The van der Waals surface area contributed by atoms with E-state index in [0.29, 0.717) is 11.8 Å². The third-order valence-electron chi connectivity index (χ3n) is 3.18. The number of aliphatic imine (C=N–C) groups is 1. The van der Waals surface area contributed by atoms with E-state index in [1.807, 2.05) is 0 Å². The Morgan fingerprint density at radius 3 is 2.55 bits per heavy atom. The Balaban J connectivity index is 2.26. The second-order valence-corrected chi connectivity index (χ2v) is 3.43. The highest BCUT2D eigenvalue weighted by molar-refractivity contribution is 5.48. The fourth-order valence-corrected chi connectivity index (χ4v) is 2.59. The van der Waals surface area contributed by atoms with Crippen molar-refractivity contribution in [2.75, 3.05) is 7.11 Å². The molecule has 2 nitrogen and oxygen atoms in total. The van der Waals surface area contributed by atoms with Crippen LogP contribution in [0.2, 0.25) is 0 Å². The summed E-state index contributed by atoms with van der Waals surface area (Å²) in [6.45, 7) is 3.50. The Morgan fingerprint density at radius 1 is 1.55 bits per heavy atom. The minimum Gasteiger partial charge on any atom is -0.356 e. The standard InChI is InChI=1S/C9H13NO/c1-3-10-9(11-2)7-4-5-8(9)6-7/h7-8H,1,4-6H2,2H3. The lowest BCUT2D eigenvalue weighted by molar-refractivity contribution is -0.130. The number of hydrogen-bond donors (Lipinski definition) is 0. The van der Waals surface area contributed by atoms with Crippen molar-refractivity contribution in [3.05, 3.63) is 6.58 Å². The van der Waals surface area contributed by atoms with Crippen molar-refractivity contribution in [1.82, 2.24) is 0 Å². The summed E-state index contributed by atoms with van der Waals surface area (Å²) in [5.41, 5.74) is -0.207. The van der Waals surface area contributed by atoms with Crippen molar-refractivity contribution in [3.63, 3.8) is 0 Å². The van der Waals surface area contributed by atoms with Crippen LogP contribution in [0.15, 0.2) is 11.6 Å². The van der Waals surface area contributed by atoms with E-state index in [0.717, 1.165) is 0 Å². The summed E-state index contributed by atoms with van der Waals surface area (Å²) < 4.78 is 5.43. The Hall–Kier alpha value is -0.590. The number of ether oxygens (including phenoxy) is 1. The fourth-order valence-electron chi connectivity index (χ4n) is 2.59. The molecule has 2 atom stereocenters. The molecule has 0 heterocycles. The van der Waals surface area contributed by atoms with Gasteiger partial charge >= 0.3 is 0 Å². The lowest BCUT2D eigenvalue weighted by Gasteiger charge is -2.44. The molecule has 0 aliphatic heterocycles. The highest BCUT2D eigenvalue weighted by Gasteiger charge is 2.60. The van der Waals surface area contributed by atoms with Crippen LogP contribution in [-0.4, -0.2) is 18.7 Å². The minimum atomic E-state index is -0.207. The average Bonchev–Trinajstić information content (AvgIpc) is 2.58. The molecule has 2 unspecified atom stereocenters. The number of hydrogen-bond acceptors (Lipinski definition) is 2. The molecule has 3 rings (SSSR count). The molecule has 3 saturated carbocycles. The average molecular weight is 151 g/mol. The Morgan fingerprint density at radius 2 is 2.18 bits per heavy atom. The monoisotopic (exact) mass is 151 g/mol. The predicted molar refractivity (Wildman–Crippen MR) is 43.6 cm³/mol. The van der Waals surface area contributed by atoms with Crippen LogP contribution in [0.25, 0.3) is 0 Å². The van der Waals surface area contributed by atoms with Crippen LogP contribution in [0.5, 0.6) is 0 Å². The molecule has 0 spiro atoms. The first-order chi connectivity index (χ1) is 5.33. The molecule has 3 aliphatic rings. The van der Waals surface area contributed by atoms with E-state index in [9.17, 15) is 0 Å². The lowest BCUT2D eigenvalue weighted by atomic mass is 9.74. The molecule has 60 valence electrons. The molecule has 0 saturated heterocycles. The van der Waals surface area contributed by atoms with Gasteiger partial charge in [-0.3, -0.25) is 0 Å². The Bertz CT molecular complexity index is 204. The molecule has 0 amide bonds. The summed E-state index contributed by atoms with van der Waals surface area (Å²) in [4.78, 5) is 4.22. The number of methoxy groups -OCH3 is 1. The van der Waals surface area contributed by atoms with E-state index in [2.05, 4.69) is 17.4 Å². The van der Waals surface area contributed by atoms with E-state index in [4.69, 9.17) is 4.74 Å². The molecule has 2 bridgehead atoms. The number of fused-ring (bicyclic) bond motifs is 1. The van der Waals surface area contributed by atoms with Crippen LogP contribution in [-0.2, 0) is 4.74 Å². The van der Waals surface area contributed by atoms with Gasteiger partial charge in [-0.2, -0.15) is 0 Å². The maximum absolute atomic E-state index is 5.43. The molecule has 0 aromatic heterocycles. The van der Waals surface area contributed by atoms with Gasteiger partial charge in [-0.1, -0.05) is 0 Å². The number of nitrogens with zero attached hydrogens (tertiary/aromatic N) is 1. The lowest BCUT2D eigenvalue weighted by Crippen LogP contribution is -2.49. The molecule has 0 N–H and O–H groups in total. The molecule has 0 radical (unpaired) electrons. The molecule has 3 aliphatic carbocycles. The minimum absolute atomic E-state index is 0.207. The van der Waals surface area contributed by atoms with Crippen LogP contribution in [0.1, 0.15) is 19.3 Å². The summed E-state index contributed by atoms with van der Waals surface area (Å²) in [5, 5.41) is 0. The summed E-state index contributed by atoms with van der Waals surface area (Å²) in [7, 11) is 1.74. The van der Waals surface area contributed by atoms with Crippen LogP contribution < -0.4 is 0 Å². The third kappa shape index (κ3) is 0.688. The first-order valence-electron chi connectivity index (χ1n) is 4.12. The molecule has 3 fully saturated rings. The summed E-state index contributed by atoms with van der Waals surface area (Å²) in [5.74, 6) is 3.90. The maximum atomic E-state index is 5.43. The van der Waals surface area contributed by atoms with E-state index in [1.54, 1.807) is 7.11 Å². The van der Waals surface area contributed by atoms with Crippen molar-refractivity contribution in [1.29, 1.82) is 0 Å². The van der Waals surface area contributed by atoms with Gasteiger partial charge in [-0.05, 0) is 31.7 Å². The number of rotatable bonds is 2. The smallest absolute Gasteiger partial charge is 0.172 e. The van der Waals surface area contributed by atoms with Gasteiger partial charge < -0.3 is 4.74 Å². The van der Waals surface area contributed by atoms with Gasteiger partial charge in [0.25, 0.3) is 0 Å². The first kappa shape index (κ1) is 7.08. The SMILES string of the molecule is C=C=NC1(OC)C2CCC1C2. The normalized spacial score (nSPS) is 46.3. The molecule has 2 heteroatoms. The van der Waals surface area contributed by atoms with E-state index >= 15 is 0 Å². The quantitative estimate of drug-likeness (QED) is 0.549. The van der Waals surface area contributed by atoms with E-state index in [-0.39, 0.29) is 5.72 Å². The zero-order valence-electron chi connectivity index (χ0n) is 6.84. The highest BCUT2D eigenvalue weighted by atomic mass is 16.5. The van der Waals surface area contributed by atoms with E-state index in [1.165, 1.54) is 19.3 Å². The second-order valence-electron chi connectivity index (χ2n) is 3.43. The summed E-state index contributed by atoms with van der Waals surface area (Å²) in [6.07, 6.45) is 3.83. The summed E-state index contributed by atoms with van der Waals surface area (Å²) >= 11 is 0. The Kier molecular flexibility index (Phi) is 1.41. The van der Waals surface area contributed by atoms with Crippen LogP contribution in [0.4, 0.5) is 0 Å². The van der Waals surface area contributed by atoms with Gasteiger partial charge in [0.1, 0.15) is 0 Å². The molecular formula is C9H13NO. The topological polar surface area (TPSA) is 21.6 Å². The van der Waals surface area contributed by atoms with Gasteiger partial charge in [0.05, 0.1) is 0 Å². The van der Waals surface area contributed by atoms with Crippen LogP contribution in [0, 0.1) is 11.8 Å². The largest absolute Gasteiger partial charge is 0.356 e. The third-order valence-corrected chi connectivity index (χ3v) is 3.18. The zero-order valence-corrected chi connectivity index (χ0v) is 6.84. The van der Waals surface area contributed by atoms with Crippen molar-refractivity contribution in [2.24, 2.45) is 16.8 Å². The van der Waals surface area contributed by atoms with Gasteiger partial charge in [0.15, 0.2) is 5.72 Å². The van der Waals surface area contributed by atoms with Crippen molar-refractivity contribution >= 4 is 5.87 Å². The van der Waals surface area contributed by atoms with Gasteiger partial charge in [-0.15, -0.1) is 0 Å². The zero-order chi connectivity index (χ0) is 7.90.